The number of carboxylic acid groups (broad SMARTS) is 1. The summed E-state index contributed by atoms with van der Waals surface area (Å²) in [6, 6.07) is 5.42. The van der Waals surface area contributed by atoms with E-state index < -0.39 is 5.97 Å². The van der Waals surface area contributed by atoms with Crippen LogP contribution in [0.1, 0.15) is 16.4 Å². The molecule has 5 nitrogen and oxygen atoms in total. The van der Waals surface area contributed by atoms with Gasteiger partial charge in [0, 0.05) is 0 Å². The van der Waals surface area contributed by atoms with Crippen LogP contribution in [0.2, 0.25) is 0 Å². The van der Waals surface area contributed by atoms with Crippen LogP contribution in [0.4, 0.5) is 4.39 Å². The Morgan fingerprint density at radius 3 is 2.71 bits per heavy atom. The van der Waals surface area contributed by atoms with Gasteiger partial charge in [-0.1, -0.05) is 0 Å². The topological polar surface area (TPSA) is 72.6 Å². The fraction of sp³-hybridized carbons (Fsp3) is 0.0909. The van der Waals surface area contributed by atoms with E-state index >= 15 is 0 Å². The fourth-order valence-corrected chi connectivity index (χ4v) is 1.15. The Labute approximate surface area is 95.5 Å². The van der Waals surface area contributed by atoms with Gasteiger partial charge in [0.15, 0.2) is 6.61 Å². The van der Waals surface area contributed by atoms with Crippen LogP contribution in [-0.4, -0.2) is 16.1 Å². The molecule has 0 amide bonds. The van der Waals surface area contributed by atoms with Crippen LogP contribution < -0.4 is 4.74 Å². The van der Waals surface area contributed by atoms with E-state index in [1.165, 1.54) is 24.3 Å². The maximum Gasteiger partial charge on any atom is 0.373 e. The molecule has 1 heterocycles. The lowest BCUT2D eigenvalue weighted by molar-refractivity contribution is 0.0658. The number of hydrogen-bond acceptors (Lipinski definition) is 4. The monoisotopic (exact) mass is 237 g/mol. The van der Waals surface area contributed by atoms with Crippen LogP contribution >= 0.6 is 0 Å². The fourth-order valence-electron chi connectivity index (χ4n) is 1.15. The Morgan fingerprint density at radius 2 is 2.12 bits per heavy atom. The lowest BCUT2D eigenvalue weighted by Crippen LogP contribution is -1.96. The summed E-state index contributed by atoms with van der Waals surface area (Å²) < 4.78 is 22.7. The molecule has 0 atom stereocenters. The van der Waals surface area contributed by atoms with Gasteiger partial charge in [0.05, 0.1) is 6.20 Å². The molecule has 0 fully saturated rings. The van der Waals surface area contributed by atoms with Crippen LogP contribution in [0, 0.1) is 5.82 Å². The summed E-state index contributed by atoms with van der Waals surface area (Å²) in [5.74, 6) is -1.21. The van der Waals surface area contributed by atoms with Crippen molar-refractivity contribution >= 4 is 5.97 Å². The van der Waals surface area contributed by atoms with Gasteiger partial charge in [0.25, 0.3) is 0 Å². The van der Waals surface area contributed by atoms with Gasteiger partial charge < -0.3 is 14.3 Å². The molecule has 0 saturated heterocycles. The highest BCUT2D eigenvalue weighted by Gasteiger charge is 2.10. The first-order chi connectivity index (χ1) is 8.15. The lowest BCUT2D eigenvalue weighted by atomic mass is 10.3. The van der Waals surface area contributed by atoms with Gasteiger partial charge in [-0.05, 0) is 24.3 Å². The molecular formula is C11H8FNO4. The van der Waals surface area contributed by atoms with Crippen molar-refractivity contribution in [2.24, 2.45) is 0 Å². The standard InChI is InChI=1S/C11H8FNO4/c12-7-1-3-8(4-2-7)16-6-10-13-5-9(17-10)11(14)15/h1-5H,6H2,(H,14,15). The van der Waals surface area contributed by atoms with Crippen molar-refractivity contribution < 1.29 is 23.4 Å². The summed E-state index contributed by atoms with van der Waals surface area (Å²) in [7, 11) is 0. The number of aromatic nitrogens is 1. The second-order valence-corrected chi connectivity index (χ2v) is 3.17. The van der Waals surface area contributed by atoms with Crippen molar-refractivity contribution in [3.63, 3.8) is 0 Å². The molecule has 0 radical (unpaired) electrons. The van der Waals surface area contributed by atoms with E-state index in [4.69, 9.17) is 14.3 Å². The van der Waals surface area contributed by atoms with Gasteiger partial charge in [-0.3, -0.25) is 0 Å². The van der Waals surface area contributed by atoms with E-state index in [9.17, 15) is 9.18 Å². The third kappa shape index (κ3) is 2.81. The largest absolute Gasteiger partial charge is 0.484 e. The number of nitrogens with zero attached hydrogens (tertiary/aromatic N) is 1. The number of oxazole rings is 1. The van der Waals surface area contributed by atoms with Crippen molar-refractivity contribution in [2.75, 3.05) is 0 Å². The quantitative estimate of drug-likeness (QED) is 0.881. The first kappa shape index (κ1) is 11.1. The maximum absolute atomic E-state index is 12.6. The number of aromatic carboxylic acids is 1. The number of ether oxygens (including phenoxy) is 1. The SMILES string of the molecule is O=C(O)c1cnc(COc2ccc(F)cc2)o1. The van der Waals surface area contributed by atoms with Crippen molar-refractivity contribution in [3.05, 3.63) is 47.9 Å². The number of carbonyl (C=O) groups is 1. The van der Waals surface area contributed by atoms with Gasteiger partial charge >= 0.3 is 5.97 Å². The van der Waals surface area contributed by atoms with E-state index in [0.717, 1.165) is 6.20 Å². The van der Waals surface area contributed by atoms with Crippen LogP contribution in [0.5, 0.6) is 5.75 Å². The molecular weight excluding hydrogens is 229 g/mol. The normalized spacial score (nSPS) is 10.2. The zero-order valence-electron chi connectivity index (χ0n) is 8.59. The zero-order valence-corrected chi connectivity index (χ0v) is 8.59. The van der Waals surface area contributed by atoms with Crippen molar-refractivity contribution in [1.82, 2.24) is 4.98 Å². The molecule has 2 rings (SSSR count). The predicted molar refractivity (Wildman–Crippen MR) is 54.2 cm³/mol. The Balaban J connectivity index is 1.97. The number of benzene rings is 1. The number of hydrogen-bond donors (Lipinski definition) is 1. The molecule has 0 aliphatic rings. The smallest absolute Gasteiger partial charge is 0.373 e. The minimum absolute atomic E-state index is 0.0150. The van der Waals surface area contributed by atoms with E-state index in [-0.39, 0.29) is 24.1 Å². The molecule has 0 saturated carbocycles. The zero-order chi connectivity index (χ0) is 12.3. The second-order valence-electron chi connectivity index (χ2n) is 3.17. The van der Waals surface area contributed by atoms with Gasteiger partial charge in [-0.25, -0.2) is 14.2 Å². The molecule has 0 spiro atoms. The first-order valence-electron chi connectivity index (χ1n) is 4.71. The van der Waals surface area contributed by atoms with Crippen LogP contribution in [0.3, 0.4) is 0 Å². The van der Waals surface area contributed by atoms with E-state index in [1.807, 2.05) is 0 Å². The molecule has 6 heteroatoms. The molecule has 2 aromatic rings. The summed E-state index contributed by atoms with van der Waals surface area (Å²) in [6.45, 7) is -0.0150. The van der Waals surface area contributed by atoms with Gasteiger partial charge in [-0.15, -0.1) is 0 Å². The summed E-state index contributed by atoms with van der Waals surface area (Å²) >= 11 is 0. The van der Waals surface area contributed by atoms with Crippen LogP contribution in [0.25, 0.3) is 0 Å². The highest BCUT2D eigenvalue weighted by Crippen LogP contribution is 2.13. The average molecular weight is 237 g/mol. The summed E-state index contributed by atoms with van der Waals surface area (Å²) in [5, 5.41) is 8.60. The second kappa shape index (κ2) is 4.65. The number of rotatable bonds is 4. The van der Waals surface area contributed by atoms with E-state index in [1.54, 1.807) is 0 Å². The molecule has 0 bridgehead atoms. The maximum atomic E-state index is 12.6. The highest BCUT2D eigenvalue weighted by atomic mass is 19.1. The third-order valence-electron chi connectivity index (χ3n) is 1.94. The molecule has 1 N–H and O–H groups in total. The van der Waals surface area contributed by atoms with Gasteiger partial charge in [-0.2, -0.15) is 0 Å². The molecule has 1 aromatic carbocycles. The number of carboxylic acids is 1. The Bertz CT molecular complexity index is 521. The Hall–Kier alpha value is -2.37. The highest BCUT2D eigenvalue weighted by molar-refractivity contribution is 5.83. The van der Waals surface area contributed by atoms with E-state index in [2.05, 4.69) is 4.98 Å². The van der Waals surface area contributed by atoms with Crippen LogP contribution in [0.15, 0.2) is 34.9 Å². The van der Waals surface area contributed by atoms with Crippen molar-refractivity contribution in [3.8, 4) is 5.75 Å². The first-order valence-corrected chi connectivity index (χ1v) is 4.71. The van der Waals surface area contributed by atoms with Crippen LogP contribution in [-0.2, 0) is 6.61 Å². The van der Waals surface area contributed by atoms with Crippen molar-refractivity contribution in [1.29, 1.82) is 0 Å². The van der Waals surface area contributed by atoms with Gasteiger partial charge in [0.1, 0.15) is 11.6 Å². The molecule has 0 aliphatic carbocycles. The number of halogens is 1. The predicted octanol–water partition coefficient (Wildman–Crippen LogP) is 2.09. The Kier molecular flexibility index (Phi) is 3.04. The molecule has 17 heavy (non-hydrogen) atoms. The average Bonchev–Trinajstić information content (AvgIpc) is 2.77. The lowest BCUT2D eigenvalue weighted by Gasteiger charge is -2.02. The molecule has 0 unspecified atom stereocenters. The molecule has 88 valence electrons. The van der Waals surface area contributed by atoms with E-state index in [0.29, 0.717) is 5.75 Å². The summed E-state index contributed by atoms with van der Waals surface area (Å²) in [5.41, 5.74) is 0. The summed E-state index contributed by atoms with van der Waals surface area (Å²) in [4.78, 5) is 14.2. The molecule has 1 aromatic heterocycles. The Morgan fingerprint density at radius 1 is 1.41 bits per heavy atom. The molecule has 0 aliphatic heterocycles. The minimum atomic E-state index is -1.19. The van der Waals surface area contributed by atoms with Crippen molar-refractivity contribution in [2.45, 2.75) is 6.61 Å². The minimum Gasteiger partial charge on any atom is -0.484 e. The van der Waals surface area contributed by atoms with Gasteiger partial charge in [0.2, 0.25) is 11.7 Å². The summed E-state index contributed by atoms with van der Waals surface area (Å²) in [6.07, 6.45) is 1.10. The third-order valence-corrected chi connectivity index (χ3v) is 1.94.